The third-order valence-electron chi connectivity index (χ3n) is 5.53. The van der Waals surface area contributed by atoms with Gasteiger partial charge in [0.05, 0.1) is 6.61 Å². The van der Waals surface area contributed by atoms with Crippen LogP contribution in [0.1, 0.15) is 57.0 Å². The number of halogens is 2. The maximum atomic E-state index is 12.9. The number of rotatable bonds is 8. The average Bonchev–Trinajstić information content (AvgIpc) is 3.17. The van der Waals surface area contributed by atoms with Gasteiger partial charge in [-0.1, -0.05) is 45.9 Å². The van der Waals surface area contributed by atoms with Crippen molar-refractivity contribution in [3.63, 3.8) is 0 Å². The van der Waals surface area contributed by atoms with Crippen LogP contribution in [0.25, 0.3) is 26.8 Å². The van der Waals surface area contributed by atoms with Crippen molar-refractivity contribution < 1.29 is 23.4 Å². The molecule has 1 N–H and O–H groups in total. The summed E-state index contributed by atoms with van der Waals surface area (Å²) in [6.45, 7) is 10.1. The number of hydrogen-bond donors (Lipinski definition) is 1. The van der Waals surface area contributed by atoms with Gasteiger partial charge in [0.1, 0.15) is 5.75 Å². The zero-order valence-electron chi connectivity index (χ0n) is 19.7. The molecular formula is C27H30F2O3S. The van der Waals surface area contributed by atoms with E-state index in [4.69, 9.17) is 9.84 Å². The van der Waals surface area contributed by atoms with Crippen LogP contribution in [0, 0.1) is 0 Å². The van der Waals surface area contributed by atoms with E-state index in [1.54, 1.807) is 6.92 Å². The molecule has 0 radical (unpaired) electrons. The molecule has 0 spiro atoms. The Hall–Kier alpha value is -2.73. The summed E-state index contributed by atoms with van der Waals surface area (Å²) in [6.07, 6.45) is -0.713. The Labute approximate surface area is 197 Å². The highest BCUT2D eigenvalue weighted by molar-refractivity contribution is 7.20. The first kappa shape index (κ1) is 24.9. The molecule has 0 saturated carbocycles. The Kier molecular flexibility index (Phi) is 7.58. The lowest BCUT2D eigenvalue weighted by molar-refractivity contribution is -0.131. The van der Waals surface area contributed by atoms with Crippen molar-refractivity contribution in [2.45, 2.75) is 59.3 Å². The first-order valence-electron chi connectivity index (χ1n) is 11.0. The van der Waals surface area contributed by atoms with Crippen molar-refractivity contribution in [1.29, 1.82) is 0 Å². The predicted molar refractivity (Wildman–Crippen MR) is 133 cm³/mol. The molecule has 0 saturated heterocycles. The number of fused-ring (bicyclic) bond motifs is 1. The van der Waals surface area contributed by atoms with E-state index in [1.165, 1.54) is 17.4 Å². The number of allylic oxidation sites excluding steroid dienone is 1. The molecule has 3 aromatic rings. The molecule has 6 heteroatoms. The lowest BCUT2D eigenvalue weighted by Crippen LogP contribution is -2.16. The lowest BCUT2D eigenvalue weighted by atomic mass is 9.82. The van der Waals surface area contributed by atoms with Gasteiger partial charge in [0.15, 0.2) is 0 Å². The summed E-state index contributed by atoms with van der Waals surface area (Å²) in [4.78, 5) is 12.0. The van der Waals surface area contributed by atoms with Crippen LogP contribution >= 0.6 is 11.3 Å². The number of carbonyl (C=O) groups is 1. The van der Waals surface area contributed by atoms with Crippen LogP contribution < -0.4 is 4.74 Å². The molecule has 0 unspecified atom stereocenters. The molecule has 0 fully saturated rings. The monoisotopic (exact) mass is 472 g/mol. The van der Waals surface area contributed by atoms with E-state index in [1.807, 2.05) is 24.3 Å². The van der Waals surface area contributed by atoms with Gasteiger partial charge in [-0.2, -0.15) is 0 Å². The van der Waals surface area contributed by atoms with Crippen molar-refractivity contribution in [3.8, 4) is 16.9 Å². The fourth-order valence-electron chi connectivity index (χ4n) is 3.80. The molecule has 0 aliphatic rings. The van der Waals surface area contributed by atoms with Crippen molar-refractivity contribution in [2.24, 2.45) is 0 Å². The number of aryl methyl sites for hydroxylation is 1. The zero-order chi connectivity index (χ0) is 24.3. The van der Waals surface area contributed by atoms with E-state index in [0.717, 1.165) is 43.6 Å². The molecule has 0 amide bonds. The number of benzene rings is 2. The highest BCUT2D eigenvalue weighted by atomic mass is 32.1. The third kappa shape index (κ3) is 5.80. The minimum atomic E-state index is -2.42. The van der Waals surface area contributed by atoms with Gasteiger partial charge >= 0.3 is 5.97 Å². The summed E-state index contributed by atoms with van der Waals surface area (Å²) in [5.74, 6) is -0.344. The Morgan fingerprint density at radius 1 is 1.18 bits per heavy atom. The fraction of sp³-hybridized carbons (Fsp3) is 0.370. The maximum absolute atomic E-state index is 12.9. The van der Waals surface area contributed by atoms with Crippen molar-refractivity contribution in [1.82, 2.24) is 0 Å². The quantitative estimate of drug-likeness (QED) is 0.338. The van der Waals surface area contributed by atoms with Gasteiger partial charge in [0.25, 0.3) is 0 Å². The van der Waals surface area contributed by atoms with E-state index < -0.39 is 12.4 Å². The molecule has 0 atom stereocenters. The van der Waals surface area contributed by atoms with Crippen LogP contribution in [0.15, 0.2) is 42.5 Å². The van der Waals surface area contributed by atoms with Gasteiger partial charge in [-0.3, -0.25) is 0 Å². The molecule has 2 aromatic carbocycles. The second kappa shape index (κ2) is 10.0. The van der Waals surface area contributed by atoms with E-state index in [9.17, 15) is 13.6 Å². The molecule has 0 aliphatic heterocycles. The van der Waals surface area contributed by atoms with Gasteiger partial charge in [-0.25, -0.2) is 13.6 Å². The zero-order valence-corrected chi connectivity index (χ0v) is 20.5. The summed E-state index contributed by atoms with van der Waals surface area (Å²) in [7, 11) is 0. The SMILES string of the molecule is CCc1cc(-c2cccc3sc(/C(C)=C\C(=O)O)cc23)c(OCCC(F)F)c(C(C)(C)C)c1. The van der Waals surface area contributed by atoms with Gasteiger partial charge in [0, 0.05) is 38.6 Å². The normalized spacial score (nSPS) is 12.5. The van der Waals surface area contributed by atoms with Gasteiger partial charge in [-0.15, -0.1) is 11.3 Å². The van der Waals surface area contributed by atoms with Crippen molar-refractivity contribution >= 4 is 33.0 Å². The molecular weight excluding hydrogens is 442 g/mol. The standard InChI is InChI=1S/C27H30F2O3S/c1-6-17-13-20(26(32-11-10-24(28)29)21(14-17)27(3,4)5)18-8-7-9-22-19(18)15-23(33-22)16(2)12-25(30)31/h7-9,12-15,24H,6,10-11H2,1-5H3,(H,30,31)/b16-12-. The van der Waals surface area contributed by atoms with Gasteiger partial charge < -0.3 is 9.84 Å². The van der Waals surface area contributed by atoms with Crippen LogP contribution in [0.4, 0.5) is 8.78 Å². The largest absolute Gasteiger partial charge is 0.492 e. The molecule has 33 heavy (non-hydrogen) atoms. The summed E-state index contributed by atoms with van der Waals surface area (Å²) < 4.78 is 32.8. The highest BCUT2D eigenvalue weighted by Gasteiger charge is 2.25. The number of carboxylic acid groups (broad SMARTS) is 1. The van der Waals surface area contributed by atoms with Crippen molar-refractivity contribution in [3.05, 3.63) is 58.5 Å². The first-order chi connectivity index (χ1) is 15.5. The number of hydrogen-bond acceptors (Lipinski definition) is 3. The van der Waals surface area contributed by atoms with Crippen LogP contribution in [0.5, 0.6) is 5.75 Å². The Morgan fingerprint density at radius 3 is 2.52 bits per heavy atom. The van der Waals surface area contributed by atoms with Crippen LogP contribution in [0.3, 0.4) is 0 Å². The third-order valence-corrected chi connectivity index (χ3v) is 6.76. The van der Waals surface area contributed by atoms with E-state index in [2.05, 4.69) is 39.8 Å². The number of carboxylic acids is 1. The second-order valence-corrected chi connectivity index (χ2v) is 10.2. The fourth-order valence-corrected chi connectivity index (χ4v) is 4.86. The highest BCUT2D eigenvalue weighted by Crippen LogP contribution is 2.44. The molecule has 1 heterocycles. The smallest absolute Gasteiger partial charge is 0.328 e. The van der Waals surface area contributed by atoms with Crippen LogP contribution in [-0.2, 0) is 16.6 Å². The summed E-state index contributed by atoms with van der Waals surface area (Å²) in [6, 6.07) is 12.2. The topological polar surface area (TPSA) is 46.5 Å². The van der Waals surface area contributed by atoms with Gasteiger partial charge in [-0.05, 0) is 53.7 Å². The number of alkyl halides is 2. The Balaban J connectivity index is 2.26. The summed E-state index contributed by atoms with van der Waals surface area (Å²) >= 11 is 1.53. The Bertz CT molecular complexity index is 1190. The molecule has 3 nitrogen and oxygen atoms in total. The average molecular weight is 473 g/mol. The number of ether oxygens (including phenoxy) is 1. The number of aliphatic carboxylic acids is 1. The molecule has 176 valence electrons. The summed E-state index contributed by atoms with van der Waals surface area (Å²) in [5.41, 5.74) is 4.40. The molecule has 3 rings (SSSR count). The predicted octanol–water partition coefficient (Wildman–Crippen LogP) is 7.95. The molecule has 1 aromatic heterocycles. The first-order valence-corrected chi connectivity index (χ1v) is 11.9. The Morgan fingerprint density at radius 2 is 1.91 bits per heavy atom. The van der Waals surface area contributed by atoms with Crippen LogP contribution in [0.2, 0.25) is 0 Å². The van der Waals surface area contributed by atoms with Crippen LogP contribution in [-0.4, -0.2) is 24.1 Å². The summed E-state index contributed by atoms with van der Waals surface area (Å²) in [5, 5.41) is 10.1. The number of thiophene rings is 1. The minimum Gasteiger partial charge on any atom is -0.492 e. The van der Waals surface area contributed by atoms with Crippen molar-refractivity contribution in [2.75, 3.05) is 6.61 Å². The molecule has 0 bridgehead atoms. The second-order valence-electron chi connectivity index (χ2n) is 9.15. The molecule has 0 aliphatic carbocycles. The lowest BCUT2D eigenvalue weighted by Gasteiger charge is -2.26. The van der Waals surface area contributed by atoms with E-state index >= 15 is 0 Å². The van der Waals surface area contributed by atoms with Gasteiger partial charge in [0.2, 0.25) is 6.43 Å². The maximum Gasteiger partial charge on any atom is 0.328 e. The van der Waals surface area contributed by atoms with E-state index in [0.29, 0.717) is 11.3 Å². The van der Waals surface area contributed by atoms with E-state index in [-0.39, 0.29) is 18.4 Å². The minimum absolute atomic E-state index is 0.0649.